The maximum atomic E-state index is 11.6. The van der Waals surface area contributed by atoms with Crippen LogP contribution < -0.4 is 0 Å². The molecule has 88 valence electrons. The number of likely N-dealkylation sites (N-methyl/N-ethyl adjacent to an activating group) is 1. The summed E-state index contributed by atoms with van der Waals surface area (Å²) in [6.07, 6.45) is 3.67. The van der Waals surface area contributed by atoms with Gasteiger partial charge in [-0.05, 0) is 18.6 Å². The number of hydrogen-bond acceptors (Lipinski definition) is 2. The quantitative estimate of drug-likeness (QED) is 0.743. The average molecular weight is 228 g/mol. The number of nitrogens with zero attached hydrogens (tertiary/aromatic N) is 2. The molecule has 3 nitrogen and oxygen atoms in total. The van der Waals surface area contributed by atoms with E-state index in [1.165, 1.54) is 16.5 Å². The van der Waals surface area contributed by atoms with Crippen LogP contribution in [0.2, 0.25) is 0 Å². The van der Waals surface area contributed by atoms with Crippen LogP contribution in [0.1, 0.15) is 17.5 Å². The van der Waals surface area contributed by atoms with E-state index in [1.54, 1.807) is 13.1 Å². The van der Waals surface area contributed by atoms with Gasteiger partial charge in [0.25, 0.3) is 0 Å². The zero-order chi connectivity index (χ0) is 12.7. The fourth-order valence-corrected chi connectivity index (χ4v) is 1.30. The van der Waals surface area contributed by atoms with E-state index in [4.69, 9.17) is 5.26 Å². The van der Waals surface area contributed by atoms with E-state index in [2.05, 4.69) is 0 Å². The van der Waals surface area contributed by atoms with Crippen LogP contribution >= 0.6 is 0 Å². The van der Waals surface area contributed by atoms with Crippen molar-refractivity contribution in [2.75, 3.05) is 13.6 Å². The second-order valence-corrected chi connectivity index (χ2v) is 3.91. The largest absolute Gasteiger partial charge is 0.341 e. The molecule has 0 fully saturated rings. The predicted octanol–water partition coefficient (Wildman–Crippen LogP) is 2.38. The molecule has 0 atom stereocenters. The summed E-state index contributed by atoms with van der Waals surface area (Å²) in [5.74, 6) is -0.0826. The molecule has 0 saturated carbocycles. The number of aryl methyl sites for hydroxylation is 1. The molecule has 0 heterocycles. The number of hydrogen-bond donors (Lipinski definition) is 0. The van der Waals surface area contributed by atoms with E-state index in [9.17, 15) is 4.79 Å². The molecule has 1 aromatic rings. The third kappa shape index (κ3) is 4.52. The van der Waals surface area contributed by atoms with Crippen molar-refractivity contribution >= 4 is 12.0 Å². The third-order valence-corrected chi connectivity index (χ3v) is 2.43. The molecule has 0 bridgehead atoms. The molecule has 1 amide bonds. The molecule has 1 aromatic carbocycles. The number of amides is 1. The standard InChI is InChI=1S/C14H16N2O/c1-12-4-6-13(7-5-12)8-9-14(17)16(2)11-3-10-15/h4-9H,3,11H2,1-2H3. The Hall–Kier alpha value is -2.08. The van der Waals surface area contributed by atoms with Crippen LogP contribution in [-0.2, 0) is 4.79 Å². The van der Waals surface area contributed by atoms with Crippen LogP contribution in [0.3, 0.4) is 0 Å². The summed E-state index contributed by atoms with van der Waals surface area (Å²) in [4.78, 5) is 13.2. The highest BCUT2D eigenvalue weighted by molar-refractivity contribution is 5.91. The fourth-order valence-electron chi connectivity index (χ4n) is 1.30. The Balaban J connectivity index is 2.56. The number of rotatable bonds is 4. The van der Waals surface area contributed by atoms with Crippen molar-refractivity contribution in [1.29, 1.82) is 5.26 Å². The Morgan fingerprint density at radius 1 is 1.41 bits per heavy atom. The second-order valence-electron chi connectivity index (χ2n) is 3.91. The summed E-state index contributed by atoms with van der Waals surface area (Å²) in [5, 5.41) is 8.42. The molecule has 0 aliphatic carbocycles. The van der Waals surface area contributed by atoms with E-state index in [0.717, 1.165) is 5.56 Å². The van der Waals surface area contributed by atoms with E-state index in [0.29, 0.717) is 13.0 Å². The molecule has 3 heteroatoms. The lowest BCUT2D eigenvalue weighted by molar-refractivity contribution is -0.124. The lowest BCUT2D eigenvalue weighted by Gasteiger charge is -2.12. The van der Waals surface area contributed by atoms with Gasteiger partial charge in [0, 0.05) is 19.7 Å². The van der Waals surface area contributed by atoms with Gasteiger partial charge < -0.3 is 4.90 Å². The summed E-state index contributed by atoms with van der Waals surface area (Å²) in [5.41, 5.74) is 2.19. The Labute approximate surface area is 102 Å². The minimum atomic E-state index is -0.0826. The normalized spacial score (nSPS) is 10.2. The smallest absolute Gasteiger partial charge is 0.246 e. The van der Waals surface area contributed by atoms with E-state index < -0.39 is 0 Å². The molecule has 17 heavy (non-hydrogen) atoms. The average Bonchev–Trinajstić information content (AvgIpc) is 2.34. The van der Waals surface area contributed by atoms with Crippen LogP contribution in [0.5, 0.6) is 0 Å². The minimum absolute atomic E-state index is 0.0826. The Bertz CT molecular complexity index is 440. The summed E-state index contributed by atoms with van der Waals surface area (Å²) in [6, 6.07) is 9.96. The van der Waals surface area contributed by atoms with Gasteiger partial charge in [-0.15, -0.1) is 0 Å². The summed E-state index contributed by atoms with van der Waals surface area (Å²) < 4.78 is 0. The number of carbonyl (C=O) groups excluding carboxylic acids is 1. The Kier molecular flexibility index (Phi) is 4.96. The topological polar surface area (TPSA) is 44.1 Å². The maximum Gasteiger partial charge on any atom is 0.246 e. The van der Waals surface area contributed by atoms with Crippen molar-refractivity contribution in [2.24, 2.45) is 0 Å². The highest BCUT2D eigenvalue weighted by atomic mass is 16.2. The highest BCUT2D eigenvalue weighted by Crippen LogP contribution is 2.05. The van der Waals surface area contributed by atoms with E-state index >= 15 is 0 Å². The molecular formula is C14H16N2O. The van der Waals surface area contributed by atoms with Crippen molar-refractivity contribution in [3.8, 4) is 6.07 Å². The fraction of sp³-hybridized carbons (Fsp3) is 0.286. The predicted molar refractivity (Wildman–Crippen MR) is 68.1 cm³/mol. The van der Waals surface area contributed by atoms with Crippen molar-refractivity contribution in [3.05, 3.63) is 41.5 Å². The van der Waals surface area contributed by atoms with Crippen molar-refractivity contribution in [2.45, 2.75) is 13.3 Å². The second kappa shape index (κ2) is 6.49. The molecule has 0 aliphatic rings. The monoisotopic (exact) mass is 228 g/mol. The van der Waals surface area contributed by atoms with Crippen LogP contribution in [0.4, 0.5) is 0 Å². The van der Waals surface area contributed by atoms with Crippen LogP contribution in [0, 0.1) is 18.3 Å². The molecule has 0 aromatic heterocycles. The Morgan fingerprint density at radius 3 is 2.65 bits per heavy atom. The van der Waals surface area contributed by atoms with Crippen molar-refractivity contribution < 1.29 is 4.79 Å². The maximum absolute atomic E-state index is 11.6. The molecule has 0 radical (unpaired) electrons. The molecular weight excluding hydrogens is 212 g/mol. The molecule has 0 unspecified atom stereocenters. The number of benzene rings is 1. The minimum Gasteiger partial charge on any atom is -0.341 e. The van der Waals surface area contributed by atoms with Crippen LogP contribution in [0.15, 0.2) is 30.3 Å². The summed E-state index contributed by atoms with van der Waals surface area (Å²) in [7, 11) is 1.69. The first-order chi connectivity index (χ1) is 8.13. The van der Waals surface area contributed by atoms with Gasteiger partial charge in [0.15, 0.2) is 0 Å². The highest BCUT2D eigenvalue weighted by Gasteiger charge is 2.03. The molecule has 0 spiro atoms. The first-order valence-electron chi connectivity index (χ1n) is 5.50. The van der Waals surface area contributed by atoms with Gasteiger partial charge in [0.05, 0.1) is 12.5 Å². The van der Waals surface area contributed by atoms with Gasteiger partial charge in [-0.1, -0.05) is 29.8 Å². The van der Waals surface area contributed by atoms with Gasteiger partial charge in [0.1, 0.15) is 0 Å². The lowest BCUT2D eigenvalue weighted by atomic mass is 10.1. The SMILES string of the molecule is Cc1ccc(C=CC(=O)N(C)CCC#N)cc1. The molecule has 0 aliphatic heterocycles. The first-order valence-corrected chi connectivity index (χ1v) is 5.50. The summed E-state index contributed by atoms with van der Waals surface area (Å²) in [6.45, 7) is 2.49. The lowest BCUT2D eigenvalue weighted by Crippen LogP contribution is -2.25. The number of carbonyl (C=O) groups is 1. The van der Waals surface area contributed by atoms with Crippen LogP contribution in [0.25, 0.3) is 6.08 Å². The molecule has 0 N–H and O–H groups in total. The van der Waals surface area contributed by atoms with Gasteiger partial charge >= 0.3 is 0 Å². The zero-order valence-corrected chi connectivity index (χ0v) is 10.2. The summed E-state index contributed by atoms with van der Waals surface area (Å²) >= 11 is 0. The van der Waals surface area contributed by atoms with Gasteiger partial charge in [-0.2, -0.15) is 5.26 Å². The first kappa shape index (κ1) is 13.0. The Morgan fingerprint density at radius 2 is 2.06 bits per heavy atom. The van der Waals surface area contributed by atoms with E-state index in [1.807, 2.05) is 37.3 Å². The van der Waals surface area contributed by atoms with Gasteiger partial charge in [-0.3, -0.25) is 4.79 Å². The zero-order valence-electron chi connectivity index (χ0n) is 10.2. The van der Waals surface area contributed by atoms with Crippen molar-refractivity contribution in [1.82, 2.24) is 4.90 Å². The van der Waals surface area contributed by atoms with Gasteiger partial charge in [0.2, 0.25) is 5.91 Å². The third-order valence-electron chi connectivity index (χ3n) is 2.43. The van der Waals surface area contributed by atoms with Crippen molar-refractivity contribution in [3.63, 3.8) is 0 Å². The molecule has 0 saturated heterocycles. The van der Waals surface area contributed by atoms with Crippen LogP contribution in [-0.4, -0.2) is 24.4 Å². The van der Waals surface area contributed by atoms with Gasteiger partial charge in [-0.25, -0.2) is 0 Å². The van der Waals surface area contributed by atoms with E-state index in [-0.39, 0.29) is 5.91 Å². The number of nitriles is 1. The molecule has 1 rings (SSSR count).